The predicted molar refractivity (Wildman–Crippen MR) is 44.0 cm³/mol. The van der Waals surface area contributed by atoms with Gasteiger partial charge in [0.1, 0.15) is 5.82 Å². The second-order valence-electron chi connectivity index (χ2n) is 2.98. The Hall–Kier alpha value is -1.63. The van der Waals surface area contributed by atoms with E-state index >= 15 is 0 Å². The number of aliphatic hydroxyl groups excluding tert-OH is 1. The van der Waals surface area contributed by atoms with Gasteiger partial charge in [0.05, 0.1) is 5.56 Å². The van der Waals surface area contributed by atoms with Crippen molar-refractivity contribution in [3.8, 4) is 0 Å². The molecular formula is C9H6F4O3. The molecule has 3 nitrogen and oxygen atoms in total. The number of benzene rings is 1. The quantitative estimate of drug-likeness (QED) is 0.774. The fourth-order valence-electron chi connectivity index (χ4n) is 1.07. The second-order valence-corrected chi connectivity index (χ2v) is 2.98. The van der Waals surface area contributed by atoms with Gasteiger partial charge in [-0.3, -0.25) is 0 Å². The Morgan fingerprint density at radius 2 is 1.88 bits per heavy atom. The van der Waals surface area contributed by atoms with Crippen LogP contribution in [-0.4, -0.2) is 16.2 Å². The van der Waals surface area contributed by atoms with Gasteiger partial charge in [-0.1, -0.05) is 6.07 Å². The van der Waals surface area contributed by atoms with Gasteiger partial charge in [0.25, 0.3) is 0 Å². The number of aliphatic hydroxyl groups is 1. The number of hydrogen-bond donors (Lipinski definition) is 2. The highest BCUT2D eigenvalue weighted by Gasteiger charge is 2.34. The molecule has 0 heterocycles. The van der Waals surface area contributed by atoms with Crippen LogP contribution in [0.5, 0.6) is 0 Å². The van der Waals surface area contributed by atoms with Crippen molar-refractivity contribution in [1.29, 1.82) is 0 Å². The van der Waals surface area contributed by atoms with E-state index in [1.165, 1.54) is 0 Å². The molecule has 0 spiro atoms. The molecular weight excluding hydrogens is 232 g/mol. The van der Waals surface area contributed by atoms with Gasteiger partial charge in [-0.15, -0.1) is 0 Å². The number of carboxylic acid groups (broad SMARTS) is 1. The summed E-state index contributed by atoms with van der Waals surface area (Å²) in [4.78, 5) is 10.3. The molecule has 0 saturated carbocycles. The van der Waals surface area contributed by atoms with E-state index in [1.807, 2.05) is 0 Å². The lowest BCUT2D eigenvalue weighted by Gasteiger charge is -2.10. The minimum Gasteiger partial charge on any atom is -0.479 e. The van der Waals surface area contributed by atoms with Crippen LogP contribution >= 0.6 is 0 Å². The van der Waals surface area contributed by atoms with Crippen LogP contribution in [0.15, 0.2) is 18.2 Å². The third-order valence-corrected chi connectivity index (χ3v) is 1.85. The fourth-order valence-corrected chi connectivity index (χ4v) is 1.07. The first kappa shape index (κ1) is 12.4. The van der Waals surface area contributed by atoms with Gasteiger partial charge in [-0.25, -0.2) is 9.18 Å². The smallest absolute Gasteiger partial charge is 0.419 e. The maximum absolute atomic E-state index is 12.9. The Bertz CT molecular complexity index is 414. The van der Waals surface area contributed by atoms with Crippen LogP contribution in [0.1, 0.15) is 17.2 Å². The maximum atomic E-state index is 12.9. The molecule has 0 aliphatic carbocycles. The van der Waals surface area contributed by atoms with Gasteiger partial charge in [-0.05, 0) is 17.7 Å². The Labute approximate surface area is 86.9 Å². The molecule has 0 aliphatic heterocycles. The molecule has 7 heteroatoms. The van der Waals surface area contributed by atoms with Gasteiger partial charge in [0.2, 0.25) is 0 Å². The van der Waals surface area contributed by atoms with E-state index in [2.05, 4.69) is 0 Å². The van der Waals surface area contributed by atoms with E-state index < -0.39 is 35.2 Å². The lowest BCUT2D eigenvalue weighted by atomic mass is 10.1. The average molecular weight is 238 g/mol. The van der Waals surface area contributed by atoms with Crippen molar-refractivity contribution < 1.29 is 32.6 Å². The minimum absolute atomic E-state index is 0.349. The molecule has 0 bridgehead atoms. The summed E-state index contributed by atoms with van der Waals surface area (Å²) in [5.41, 5.74) is -1.95. The van der Waals surface area contributed by atoms with Crippen molar-refractivity contribution in [3.63, 3.8) is 0 Å². The largest absolute Gasteiger partial charge is 0.479 e. The first-order valence-corrected chi connectivity index (χ1v) is 4.01. The number of carbonyl (C=O) groups is 1. The van der Waals surface area contributed by atoms with Crippen LogP contribution in [0.25, 0.3) is 0 Å². The molecule has 16 heavy (non-hydrogen) atoms. The normalized spacial score (nSPS) is 13.6. The van der Waals surface area contributed by atoms with E-state index in [1.54, 1.807) is 0 Å². The van der Waals surface area contributed by atoms with E-state index in [-0.39, 0.29) is 0 Å². The van der Waals surface area contributed by atoms with Crippen molar-refractivity contribution in [2.45, 2.75) is 12.3 Å². The van der Waals surface area contributed by atoms with Crippen LogP contribution < -0.4 is 0 Å². The molecule has 2 N–H and O–H groups in total. The van der Waals surface area contributed by atoms with Crippen molar-refractivity contribution >= 4 is 5.97 Å². The molecule has 0 fully saturated rings. The molecule has 0 aliphatic rings. The summed E-state index contributed by atoms with van der Waals surface area (Å²) in [5, 5.41) is 17.3. The van der Waals surface area contributed by atoms with Gasteiger partial charge >= 0.3 is 12.1 Å². The number of aliphatic carboxylic acids is 1. The molecule has 1 atom stereocenters. The van der Waals surface area contributed by atoms with Crippen LogP contribution in [0.4, 0.5) is 17.6 Å². The summed E-state index contributed by atoms with van der Waals surface area (Å²) in [6.45, 7) is 0. The molecule has 0 amide bonds. The third-order valence-electron chi connectivity index (χ3n) is 1.85. The Morgan fingerprint density at radius 3 is 2.25 bits per heavy atom. The highest BCUT2D eigenvalue weighted by Crippen LogP contribution is 2.32. The summed E-state index contributed by atoms with van der Waals surface area (Å²) in [7, 11) is 0. The molecule has 0 saturated heterocycles. The molecule has 1 aromatic rings. The molecule has 1 aromatic carbocycles. The fraction of sp³-hybridized carbons (Fsp3) is 0.222. The molecule has 0 radical (unpaired) electrons. The van der Waals surface area contributed by atoms with Crippen LogP contribution in [-0.2, 0) is 11.0 Å². The Kier molecular flexibility index (Phi) is 3.18. The lowest BCUT2D eigenvalue weighted by Crippen LogP contribution is -2.13. The maximum Gasteiger partial charge on any atom is 0.419 e. The average Bonchev–Trinajstić information content (AvgIpc) is 2.14. The highest BCUT2D eigenvalue weighted by atomic mass is 19.4. The third kappa shape index (κ3) is 2.48. The molecule has 88 valence electrons. The van der Waals surface area contributed by atoms with Crippen molar-refractivity contribution in [2.75, 3.05) is 0 Å². The van der Waals surface area contributed by atoms with Gasteiger partial charge in [0.15, 0.2) is 6.10 Å². The summed E-state index contributed by atoms with van der Waals surface area (Å²) in [5.74, 6) is -3.29. The van der Waals surface area contributed by atoms with Crippen molar-refractivity contribution in [2.24, 2.45) is 0 Å². The van der Waals surface area contributed by atoms with Crippen LogP contribution in [0.2, 0.25) is 0 Å². The number of alkyl halides is 3. The molecule has 1 unspecified atom stereocenters. The minimum atomic E-state index is -4.85. The Balaban J connectivity index is 3.14. The van der Waals surface area contributed by atoms with E-state index in [0.717, 1.165) is 0 Å². The first-order chi connectivity index (χ1) is 7.23. The lowest BCUT2D eigenvalue weighted by molar-refractivity contribution is -0.146. The number of rotatable bonds is 2. The monoisotopic (exact) mass is 238 g/mol. The van der Waals surface area contributed by atoms with Crippen molar-refractivity contribution in [1.82, 2.24) is 0 Å². The second kappa shape index (κ2) is 4.09. The molecule has 0 aromatic heterocycles. The van der Waals surface area contributed by atoms with Crippen LogP contribution in [0, 0.1) is 5.82 Å². The standard InChI is InChI=1S/C9H6F4O3/c10-6-3-4(7(14)8(15)16)1-2-5(6)9(11,12)13/h1-3,7,14H,(H,15,16). The summed E-state index contributed by atoms with van der Waals surface area (Å²) in [6.07, 6.45) is -6.90. The SMILES string of the molecule is O=C(O)C(O)c1ccc(C(F)(F)F)c(F)c1. The van der Waals surface area contributed by atoms with Gasteiger partial charge in [0, 0.05) is 0 Å². The predicted octanol–water partition coefficient (Wildman–Crippen LogP) is 1.96. The zero-order valence-corrected chi connectivity index (χ0v) is 7.62. The highest BCUT2D eigenvalue weighted by molar-refractivity contribution is 5.74. The zero-order chi connectivity index (χ0) is 12.5. The summed E-state index contributed by atoms with van der Waals surface area (Å²) < 4.78 is 49.3. The van der Waals surface area contributed by atoms with E-state index in [0.29, 0.717) is 18.2 Å². The van der Waals surface area contributed by atoms with Gasteiger partial charge < -0.3 is 10.2 Å². The number of hydrogen-bond acceptors (Lipinski definition) is 2. The van der Waals surface area contributed by atoms with Crippen LogP contribution in [0.3, 0.4) is 0 Å². The molecule has 1 rings (SSSR count). The van der Waals surface area contributed by atoms with Gasteiger partial charge in [-0.2, -0.15) is 13.2 Å². The number of carboxylic acids is 1. The van der Waals surface area contributed by atoms with Crippen molar-refractivity contribution in [3.05, 3.63) is 35.1 Å². The Morgan fingerprint density at radius 1 is 1.31 bits per heavy atom. The van der Waals surface area contributed by atoms with E-state index in [4.69, 9.17) is 10.2 Å². The number of halogens is 4. The topological polar surface area (TPSA) is 57.5 Å². The summed E-state index contributed by atoms with van der Waals surface area (Å²) >= 11 is 0. The van der Waals surface area contributed by atoms with E-state index in [9.17, 15) is 22.4 Å². The zero-order valence-electron chi connectivity index (χ0n) is 7.62. The first-order valence-electron chi connectivity index (χ1n) is 4.01. The summed E-state index contributed by atoms with van der Waals surface area (Å²) in [6, 6.07) is 1.45.